The van der Waals surface area contributed by atoms with E-state index in [0.29, 0.717) is 12.0 Å². The van der Waals surface area contributed by atoms with E-state index in [2.05, 4.69) is 6.58 Å². The predicted molar refractivity (Wildman–Crippen MR) is 59.2 cm³/mol. The Hall–Kier alpha value is -0.870. The third-order valence-electron chi connectivity index (χ3n) is 2.00. The minimum absolute atomic E-state index is 0.0899. The minimum atomic E-state index is -0.508. The quantitative estimate of drug-likeness (QED) is 0.384. The van der Waals surface area contributed by atoms with Crippen molar-refractivity contribution in [3.63, 3.8) is 0 Å². The Morgan fingerprint density at radius 2 is 2.00 bits per heavy atom. The molecule has 0 aromatic rings. The molecule has 2 atom stereocenters. The monoisotopic (exact) mass is 215 g/mol. The molecule has 0 bridgehead atoms. The lowest BCUT2D eigenvalue weighted by Crippen LogP contribution is -2.33. The number of esters is 1. The molecule has 0 aromatic carbocycles. The van der Waals surface area contributed by atoms with Crippen molar-refractivity contribution in [1.29, 1.82) is 0 Å². The van der Waals surface area contributed by atoms with Crippen LogP contribution in [0.25, 0.3) is 0 Å². The van der Waals surface area contributed by atoms with Crippen molar-refractivity contribution in [3.8, 4) is 0 Å². The molecule has 0 aliphatic heterocycles. The molecular weight excluding hydrogens is 194 g/mol. The van der Waals surface area contributed by atoms with Gasteiger partial charge in [-0.1, -0.05) is 13.5 Å². The maximum absolute atomic E-state index is 11.2. The van der Waals surface area contributed by atoms with Crippen LogP contribution in [0.2, 0.25) is 0 Å². The first-order valence-electron chi connectivity index (χ1n) is 5.06. The van der Waals surface area contributed by atoms with Gasteiger partial charge in [0.15, 0.2) is 0 Å². The van der Waals surface area contributed by atoms with E-state index in [1.165, 1.54) is 0 Å². The Morgan fingerprint density at radius 3 is 2.33 bits per heavy atom. The lowest BCUT2D eigenvalue weighted by Gasteiger charge is -2.25. The second-order valence-electron chi connectivity index (χ2n) is 3.72. The summed E-state index contributed by atoms with van der Waals surface area (Å²) in [4.78, 5) is 13.1. The van der Waals surface area contributed by atoms with E-state index in [1.807, 2.05) is 32.8 Å². The van der Waals surface area contributed by atoms with Gasteiger partial charge in [-0.05, 0) is 27.9 Å². The highest BCUT2D eigenvalue weighted by Crippen LogP contribution is 2.08. The first-order chi connectivity index (χ1) is 6.88. The van der Waals surface area contributed by atoms with Crippen LogP contribution >= 0.6 is 0 Å². The van der Waals surface area contributed by atoms with Crippen molar-refractivity contribution in [2.75, 3.05) is 14.1 Å². The van der Waals surface area contributed by atoms with Crippen molar-refractivity contribution < 1.29 is 14.3 Å². The van der Waals surface area contributed by atoms with Crippen molar-refractivity contribution in [1.82, 2.24) is 4.90 Å². The molecular formula is C11H21NO3. The first kappa shape index (κ1) is 14.1. The van der Waals surface area contributed by atoms with Gasteiger partial charge in [-0.15, -0.1) is 0 Å². The Bertz CT molecular complexity index is 226. The van der Waals surface area contributed by atoms with E-state index in [0.717, 1.165) is 0 Å². The van der Waals surface area contributed by atoms with Gasteiger partial charge in [0.2, 0.25) is 6.29 Å². The predicted octanol–water partition coefficient (Wildman–Crippen LogP) is 1.77. The van der Waals surface area contributed by atoms with Gasteiger partial charge in [0.1, 0.15) is 6.23 Å². The maximum atomic E-state index is 11.2. The lowest BCUT2D eigenvalue weighted by molar-refractivity contribution is -0.199. The van der Waals surface area contributed by atoms with Gasteiger partial charge < -0.3 is 9.47 Å². The zero-order valence-corrected chi connectivity index (χ0v) is 10.2. The molecule has 0 radical (unpaired) electrons. The zero-order chi connectivity index (χ0) is 12.0. The molecule has 15 heavy (non-hydrogen) atoms. The van der Waals surface area contributed by atoms with Crippen LogP contribution in [0.4, 0.5) is 0 Å². The molecule has 0 saturated heterocycles. The van der Waals surface area contributed by atoms with Crippen molar-refractivity contribution in [3.05, 3.63) is 12.2 Å². The Labute approximate surface area is 91.8 Å². The van der Waals surface area contributed by atoms with Crippen LogP contribution in [-0.4, -0.2) is 37.5 Å². The van der Waals surface area contributed by atoms with E-state index in [9.17, 15) is 4.79 Å². The van der Waals surface area contributed by atoms with Crippen molar-refractivity contribution in [2.45, 2.75) is 39.7 Å². The summed E-state index contributed by atoms with van der Waals surface area (Å²) in [5.41, 5.74) is 0.384. The summed E-state index contributed by atoms with van der Waals surface area (Å²) >= 11 is 0. The molecule has 0 aromatic heterocycles. The van der Waals surface area contributed by atoms with E-state index < -0.39 is 12.3 Å². The second kappa shape index (κ2) is 6.58. The normalized spacial score (nSPS) is 14.8. The highest BCUT2D eigenvalue weighted by molar-refractivity contribution is 5.86. The zero-order valence-electron chi connectivity index (χ0n) is 10.2. The minimum Gasteiger partial charge on any atom is -0.432 e. The topological polar surface area (TPSA) is 38.8 Å². The molecule has 88 valence electrons. The Morgan fingerprint density at radius 1 is 1.47 bits per heavy atom. The van der Waals surface area contributed by atoms with Gasteiger partial charge >= 0.3 is 5.97 Å². The number of carbonyl (C=O) groups excluding carboxylic acids is 1. The highest BCUT2D eigenvalue weighted by Gasteiger charge is 2.17. The van der Waals surface area contributed by atoms with Crippen LogP contribution in [0, 0.1) is 0 Å². The van der Waals surface area contributed by atoms with Crippen LogP contribution in [0.3, 0.4) is 0 Å². The van der Waals surface area contributed by atoms with Gasteiger partial charge in [0, 0.05) is 12.0 Å². The maximum Gasteiger partial charge on any atom is 0.335 e. The average molecular weight is 215 g/mol. The van der Waals surface area contributed by atoms with E-state index in [1.54, 1.807) is 6.92 Å². The summed E-state index contributed by atoms with van der Waals surface area (Å²) in [7, 11) is 3.80. The summed E-state index contributed by atoms with van der Waals surface area (Å²) in [6, 6.07) is 0. The molecule has 0 N–H and O–H groups in total. The summed E-state index contributed by atoms with van der Waals surface area (Å²) in [5.74, 6) is -0.409. The molecule has 4 heteroatoms. The summed E-state index contributed by atoms with van der Waals surface area (Å²) in [6.07, 6.45) is 0.0245. The largest absolute Gasteiger partial charge is 0.432 e. The molecule has 0 spiro atoms. The third-order valence-corrected chi connectivity index (χ3v) is 2.00. The third kappa shape index (κ3) is 5.54. The van der Waals surface area contributed by atoms with Crippen molar-refractivity contribution in [2.24, 2.45) is 0 Å². The molecule has 0 aliphatic rings. The van der Waals surface area contributed by atoms with Crippen LogP contribution in [0.1, 0.15) is 27.2 Å². The lowest BCUT2D eigenvalue weighted by atomic mass is 10.3. The number of ether oxygens (including phenoxy) is 2. The summed E-state index contributed by atoms with van der Waals surface area (Å²) in [5, 5.41) is 0. The highest BCUT2D eigenvalue weighted by atomic mass is 16.7. The molecule has 0 rings (SSSR count). The molecule has 0 heterocycles. The Balaban J connectivity index is 4.14. The van der Waals surface area contributed by atoms with E-state index >= 15 is 0 Å². The summed E-state index contributed by atoms with van der Waals surface area (Å²) < 4.78 is 10.6. The standard InChI is InChI=1S/C11H21NO3/c1-7-10(14-9(4)12(5)6)15-11(13)8(2)3/h9-10H,2,7H2,1,3-6H3. The van der Waals surface area contributed by atoms with Crippen LogP contribution in [-0.2, 0) is 14.3 Å². The molecule has 0 amide bonds. The van der Waals surface area contributed by atoms with Crippen LogP contribution in [0.5, 0.6) is 0 Å². The summed E-state index contributed by atoms with van der Waals surface area (Å²) in [6.45, 7) is 8.93. The Kier molecular flexibility index (Phi) is 6.20. The van der Waals surface area contributed by atoms with Gasteiger partial charge in [-0.2, -0.15) is 0 Å². The number of hydrogen-bond donors (Lipinski definition) is 0. The van der Waals surface area contributed by atoms with Gasteiger partial charge in [0.25, 0.3) is 0 Å². The molecule has 0 saturated carbocycles. The number of nitrogens with zero attached hydrogens (tertiary/aromatic N) is 1. The SMILES string of the molecule is C=C(C)C(=O)OC(CC)OC(C)N(C)C. The first-order valence-corrected chi connectivity index (χ1v) is 5.06. The second-order valence-corrected chi connectivity index (χ2v) is 3.72. The van der Waals surface area contributed by atoms with Crippen LogP contribution < -0.4 is 0 Å². The molecule has 0 aliphatic carbocycles. The van der Waals surface area contributed by atoms with E-state index in [4.69, 9.17) is 9.47 Å². The van der Waals surface area contributed by atoms with Crippen molar-refractivity contribution >= 4 is 5.97 Å². The number of hydrogen-bond acceptors (Lipinski definition) is 4. The fourth-order valence-corrected chi connectivity index (χ4v) is 0.769. The molecule has 2 unspecified atom stereocenters. The van der Waals surface area contributed by atoms with Gasteiger partial charge in [0.05, 0.1) is 0 Å². The molecule has 0 fully saturated rings. The molecule has 4 nitrogen and oxygen atoms in total. The fourth-order valence-electron chi connectivity index (χ4n) is 0.769. The fraction of sp³-hybridized carbons (Fsp3) is 0.727. The average Bonchev–Trinajstić information content (AvgIpc) is 2.15. The van der Waals surface area contributed by atoms with Gasteiger partial charge in [-0.25, -0.2) is 4.79 Å². The smallest absolute Gasteiger partial charge is 0.335 e. The van der Waals surface area contributed by atoms with Crippen LogP contribution in [0.15, 0.2) is 12.2 Å². The number of rotatable bonds is 6. The van der Waals surface area contributed by atoms with Gasteiger partial charge in [-0.3, -0.25) is 4.90 Å². The number of carbonyl (C=O) groups is 1. The van der Waals surface area contributed by atoms with E-state index in [-0.39, 0.29) is 6.23 Å².